The Bertz CT molecular complexity index is 405. The van der Waals surface area contributed by atoms with Gasteiger partial charge in [-0.05, 0) is 0 Å². The van der Waals surface area contributed by atoms with E-state index in [1.165, 1.54) is 41.3 Å². The van der Waals surface area contributed by atoms with Gasteiger partial charge in [0.1, 0.15) is 0 Å². The molecule has 1 aromatic carbocycles. The molecular weight excluding hydrogens is 177 g/mol. The van der Waals surface area contributed by atoms with Crippen LogP contribution in [-0.4, -0.2) is 35.7 Å². The van der Waals surface area contributed by atoms with Gasteiger partial charge >= 0.3 is 100 Å². The van der Waals surface area contributed by atoms with Gasteiger partial charge in [-0.2, -0.15) is 0 Å². The molecule has 2 aliphatic rings. The van der Waals surface area contributed by atoms with Crippen LogP contribution in [-0.2, 0) is 0 Å². The summed E-state index contributed by atoms with van der Waals surface area (Å²) in [5.41, 5.74) is 2.93. The van der Waals surface area contributed by atoms with E-state index < -0.39 is 0 Å². The predicted molar refractivity (Wildman–Crippen MR) is 63.7 cm³/mol. The second-order valence-electron chi connectivity index (χ2n) is 4.66. The topological polar surface area (TPSA) is 3.24 Å². The quantitative estimate of drug-likeness (QED) is 0.616. The van der Waals surface area contributed by atoms with Gasteiger partial charge in [0, 0.05) is 0 Å². The van der Waals surface area contributed by atoms with Gasteiger partial charge in [0.05, 0.1) is 0 Å². The molecule has 0 N–H and O–H groups in total. The van der Waals surface area contributed by atoms with Crippen LogP contribution in [0.25, 0.3) is 6.08 Å². The van der Waals surface area contributed by atoms with Gasteiger partial charge in [-0.3, -0.25) is 0 Å². The Morgan fingerprint density at radius 3 is 2.67 bits per heavy atom. The van der Waals surface area contributed by atoms with Crippen LogP contribution in [0.1, 0.15) is 30.0 Å². The van der Waals surface area contributed by atoms with Crippen LogP contribution in [0, 0.1) is 0 Å². The van der Waals surface area contributed by atoms with Crippen molar-refractivity contribution in [1.82, 2.24) is 4.90 Å². The third kappa shape index (κ3) is 1.60. The maximum atomic E-state index is 2.62. The second kappa shape index (κ2) is 3.83. The molecule has 0 radical (unpaired) electrons. The number of rotatable bonds is 1. The Labute approximate surface area is 100 Å². The Morgan fingerprint density at radius 1 is 1.13 bits per heavy atom. The molecule has 72 valence electrons. The van der Waals surface area contributed by atoms with Crippen LogP contribution in [0.5, 0.6) is 0 Å². The minimum atomic E-state index is 0.573. The first kappa shape index (κ1) is 9.72. The molecule has 3 rings (SSSR count). The van der Waals surface area contributed by atoms with Crippen LogP contribution < -0.4 is 0 Å². The van der Waals surface area contributed by atoms with Crippen molar-refractivity contribution in [2.45, 2.75) is 18.9 Å². The van der Waals surface area contributed by atoms with E-state index in [9.17, 15) is 0 Å². The van der Waals surface area contributed by atoms with Crippen molar-refractivity contribution < 1.29 is 0 Å². The average Bonchev–Trinajstić information content (AvgIpc) is 2.82. The van der Waals surface area contributed by atoms with Crippen molar-refractivity contribution in [3.05, 3.63) is 39.6 Å². The van der Waals surface area contributed by atoms with Crippen LogP contribution >= 0.6 is 0 Å². The average molecular weight is 191 g/mol. The van der Waals surface area contributed by atoms with Gasteiger partial charge < -0.3 is 0 Å². The molecule has 0 spiro atoms. The molecule has 1 unspecified atom stereocenters. The first-order valence-electron chi connectivity index (χ1n) is 5.87. The van der Waals surface area contributed by atoms with Gasteiger partial charge in [-0.15, -0.1) is 0 Å². The fourth-order valence-corrected chi connectivity index (χ4v) is 2.95. The van der Waals surface area contributed by atoms with E-state index in [2.05, 4.69) is 53.0 Å². The van der Waals surface area contributed by atoms with Gasteiger partial charge in [0.15, 0.2) is 0 Å². The fourth-order valence-electron chi connectivity index (χ4n) is 2.95. The van der Waals surface area contributed by atoms with Gasteiger partial charge in [-0.25, -0.2) is 0 Å². The third-order valence-electron chi connectivity index (χ3n) is 3.61. The van der Waals surface area contributed by atoms with Crippen molar-refractivity contribution in [2.24, 2.45) is 0 Å². The first-order valence-corrected chi connectivity index (χ1v) is 5.87. The summed E-state index contributed by atoms with van der Waals surface area (Å²) in [5.74, 6) is 0. The molecule has 1 aliphatic carbocycles. The molecule has 15 heavy (non-hydrogen) atoms. The zero-order chi connectivity index (χ0) is 10.3. The van der Waals surface area contributed by atoms with Crippen LogP contribution in [0.3, 0.4) is 0 Å². The number of hydrogen-bond acceptors (Lipinski definition) is 1. The molecule has 0 aromatic heterocycles. The molecule has 0 bridgehead atoms. The molecule has 1 aromatic rings. The summed E-state index contributed by atoms with van der Waals surface area (Å²) in [6.07, 6.45) is 5.08. The Kier molecular flexibility index (Phi) is 2.48. The summed E-state index contributed by atoms with van der Waals surface area (Å²) in [6.45, 7) is 2.54. The fraction of sp³-hybridized carbons (Fsp3) is 0.385. The molecule has 1 nitrogen and oxygen atoms in total. The van der Waals surface area contributed by atoms with Crippen LogP contribution in [0.2, 0.25) is 0 Å². The number of hydrogen-bond donors (Lipinski definition) is 0. The number of likely N-dealkylation sites (tertiary alicyclic amines) is 1. The molecular formula is C13H14LiN. The summed E-state index contributed by atoms with van der Waals surface area (Å²) in [6, 6.07) is 9.38. The first-order chi connectivity index (χ1) is 7.36. The monoisotopic (exact) mass is 191 g/mol. The SMILES string of the molecule is [Li][C]1=Cc2ccccc2C1N1CCCC1. The summed E-state index contributed by atoms with van der Waals surface area (Å²) in [7, 11) is 0. The summed E-state index contributed by atoms with van der Waals surface area (Å²) >= 11 is 2.27. The number of fused-ring (bicyclic) bond motifs is 1. The van der Waals surface area contributed by atoms with Crippen LogP contribution in [0.15, 0.2) is 28.5 Å². The van der Waals surface area contributed by atoms with Crippen molar-refractivity contribution in [3.8, 4) is 0 Å². The van der Waals surface area contributed by atoms with E-state index in [1.54, 1.807) is 0 Å². The Morgan fingerprint density at radius 2 is 1.87 bits per heavy atom. The van der Waals surface area contributed by atoms with E-state index in [4.69, 9.17) is 0 Å². The molecule has 2 heteroatoms. The van der Waals surface area contributed by atoms with Gasteiger partial charge in [0.25, 0.3) is 0 Å². The van der Waals surface area contributed by atoms with Gasteiger partial charge in [0.2, 0.25) is 0 Å². The minimum absolute atomic E-state index is 0.573. The standard InChI is InChI=1S/C13H14N.Li/c1-2-6-12-11(5-1)7-8-13(12)14-9-3-4-10-14;/h1-2,5-7,13H,3-4,9-10H2;. The molecule has 0 amide bonds. The van der Waals surface area contributed by atoms with E-state index >= 15 is 0 Å². The predicted octanol–water partition coefficient (Wildman–Crippen LogP) is 2.35. The van der Waals surface area contributed by atoms with E-state index in [0.717, 1.165) is 0 Å². The molecule has 1 atom stereocenters. The van der Waals surface area contributed by atoms with Crippen LogP contribution in [0.4, 0.5) is 0 Å². The summed E-state index contributed by atoms with van der Waals surface area (Å²) in [4.78, 5) is 2.62. The molecule has 1 saturated heterocycles. The van der Waals surface area contributed by atoms with Crippen molar-refractivity contribution in [2.75, 3.05) is 13.1 Å². The van der Waals surface area contributed by atoms with Crippen molar-refractivity contribution in [3.63, 3.8) is 0 Å². The maximum absolute atomic E-state index is 2.62. The summed E-state index contributed by atoms with van der Waals surface area (Å²) in [5, 5.41) is 0. The van der Waals surface area contributed by atoms with Crippen molar-refractivity contribution in [1.29, 1.82) is 0 Å². The van der Waals surface area contributed by atoms with E-state index in [-0.39, 0.29) is 0 Å². The number of nitrogens with zero attached hydrogens (tertiary/aromatic N) is 1. The Hall–Kier alpha value is -0.483. The molecule has 1 fully saturated rings. The van der Waals surface area contributed by atoms with Crippen molar-refractivity contribution >= 4 is 23.8 Å². The second-order valence-corrected chi connectivity index (χ2v) is 4.66. The molecule has 1 heterocycles. The molecule has 1 aliphatic heterocycles. The van der Waals surface area contributed by atoms with E-state index in [1.807, 2.05) is 0 Å². The summed E-state index contributed by atoms with van der Waals surface area (Å²) < 4.78 is 1.51. The third-order valence-corrected chi connectivity index (χ3v) is 3.61. The van der Waals surface area contributed by atoms with E-state index in [0.29, 0.717) is 6.04 Å². The number of benzene rings is 1. The molecule has 0 saturated carbocycles. The normalized spacial score (nSPS) is 25.5. The zero-order valence-electron chi connectivity index (χ0n) is 9.24. The zero-order valence-corrected chi connectivity index (χ0v) is 9.24. The Balaban J connectivity index is 1.99. The van der Waals surface area contributed by atoms with Gasteiger partial charge in [-0.1, -0.05) is 0 Å².